The number of para-hydroxylation sites is 1. The van der Waals surface area contributed by atoms with E-state index in [1.54, 1.807) is 0 Å². The molecule has 152 valence electrons. The molecule has 0 fully saturated rings. The topological polar surface area (TPSA) is 34.0 Å². The van der Waals surface area contributed by atoms with Crippen LogP contribution in [-0.4, -0.2) is 17.0 Å². The Bertz CT molecular complexity index is 1140. The molecule has 1 aromatic heterocycles. The second-order valence-electron chi connectivity index (χ2n) is 7.97. The Kier molecular flexibility index (Phi) is 5.99. The number of fused-ring (bicyclic) bond motifs is 1. The number of amides is 1. The Labute approximate surface area is 178 Å². The second kappa shape index (κ2) is 9.00. The second-order valence-corrected chi connectivity index (χ2v) is 7.97. The first-order valence-electron chi connectivity index (χ1n) is 10.5. The number of aromatic nitrogens is 1. The Morgan fingerprint density at radius 1 is 0.967 bits per heavy atom. The molecule has 4 aromatic rings. The summed E-state index contributed by atoms with van der Waals surface area (Å²) in [6.45, 7) is 2.75. The number of nitrogens with zero attached hydrogens (tertiary/aromatic N) is 1. The minimum Gasteiger partial charge on any atom is -0.356 e. The number of carbonyl (C=O) groups excluding carboxylic acids is 1. The molecule has 0 aliphatic heterocycles. The first-order valence-corrected chi connectivity index (χ1v) is 10.5. The molecule has 1 heterocycles. The van der Waals surface area contributed by atoms with Crippen molar-refractivity contribution in [2.24, 2.45) is 7.05 Å². The van der Waals surface area contributed by atoms with Crippen LogP contribution in [0, 0.1) is 6.92 Å². The van der Waals surface area contributed by atoms with E-state index in [1.165, 1.54) is 33.2 Å². The average molecular weight is 397 g/mol. The lowest BCUT2D eigenvalue weighted by molar-refractivity contribution is -0.121. The summed E-state index contributed by atoms with van der Waals surface area (Å²) in [5.41, 5.74) is 6.03. The van der Waals surface area contributed by atoms with Crippen LogP contribution >= 0.6 is 0 Å². The summed E-state index contributed by atoms with van der Waals surface area (Å²) in [7, 11) is 2.07. The zero-order chi connectivity index (χ0) is 20.9. The number of carbonyl (C=O) groups is 1. The molecule has 0 aliphatic carbocycles. The van der Waals surface area contributed by atoms with Gasteiger partial charge >= 0.3 is 0 Å². The fourth-order valence-electron chi connectivity index (χ4n) is 4.19. The van der Waals surface area contributed by atoms with Crippen LogP contribution in [0.2, 0.25) is 0 Å². The van der Waals surface area contributed by atoms with E-state index in [0.717, 1.165) is 6.42 Å². The van der Waals surface area contributed by atoms with Gasteiger partial charge in [-0.2, -0.15) is 0 Å². The minimum atomic E-state index is 0.0210. The largest absolute Gasteiger partial charge is 0.356 e. The molecular formula is C27H28N2O. The van der Waals surface area contributed by atoms with Gasteiger partial charge in [0.05, 0.1) is 0 Å². The van der Waals surface area contributed by atoms with E-state index in [1.807, 2.05) is 18.2 Å². The molecule has 0 aliphatic rings. The van der Waals surface area contributed by atoms with Crippen LogP contribution in [-0.2, 0) is 18.3 Å². The molecule has 1 N–H and O–H groups in total. The lowest BCUT2D eigenvalue weighted by atomic mass is 9.87. The SMILES string of the molecule is Cc1cccc(C(CC(=O)NCCc2ccccc2)c2cn(C)c3ccccc23)c1. The van der Waals surface area contributed by atoms with E-state index >= 15 is 0 Å². The number of aryl methyl sites for hydroxylation is 2. The maximum Gasteiger partial charge on any atom is 0.220 e. The molecular weight excluding hydrogens is 368 g/mol. The summed E-state index contributed by atoms with van der Waals surface area (Å²) in [6, 6.07) is 27.2. The van der Waals surface area contributed by atoms with E-state index < -0.39 is 0 Å². The van der Waals surface area contributed by atoms with E-state index in [4.69, 9.17) is 0 Å². The third kappa shape index (κ3) is 4.46. The highest BCUT2D eigenvalue weighted by Gasteiger charge is 2.22. The van der Waals surface area contributed by atoms with Gasteiger partial charge in [-0.3, -0.25) is 4.79 Å². The minimum absolute atomic E-state index is 0.0210. The van der Waals surface area contributed by atoms with Gasteiger partial charge in [0.1, 0.15) is 0 Å². The van der Waals surface area contributed by atoms with Gasteiger partial charge in [-0.25, -0.2) is 0 Å². The van der Waals surface area contributed by atoms with Crippen molar-refractivity contribution in [2.75, 3.05) is 6.54 Å². The smallest absolute Gasteiger partial charge is 0.220 e. The van der Waals surface area contributed by atoms with E-state index in [2.05, 4.69) is 90.7 Å². The molecule has 30 heavy (non-hydrogen) atoms. The maximum absolute atomic E-state index is 12.9. The van der Waals surface area contributed by atoms with Crippen LogP contribution in [0.25, 0.3) is 10.9 Å². The van der Waals surface area contributed by atoms with Gasteiger partial charge in [0.2, 0.25) is 5.91 Å². The van der Waals surface area contributed by atoms with Crippen LogP contribution in [0.1, 0.15) is 34.6 Å². The number of rotatable bonds is 7. The van der Waals surface area contributed by atoms with Crippen molar-refractivity contribution >= 4 is 16.8 Å². The van der Waals surface area contributed by atoms with Gasteiger partial charge in [-0.1, -0.05) is 78.4 Å². The first-order chi connectivity index (χ1) is 14.6. The highest BCUT2D eigenvalue weighted by molar-refractivity contribution is 5.86. The predicted molar refractivity (Wildman–Crippen MR) is 124 cm³/mol. The molecule has 0 bridgehead atoms. The Hall–Kier alpha value is -3.33. The van der Waals surface area contributed by atoms with Gasteiger partial charge in [0, 0.05) is 43.0 Å². The van der Waals surface area contributed by atoms with Crippen molar-refractivity contribution in [1.29, 1.82) is 0 Å². The number of nitrogens with one attached hydrogen (secondary N) is 1. The fraction of sp³-hybridized carbons (Fsp3) is 0.222. The van der Waals surface area contributed by atoms with Crippen molar-refractivity contribution in [3.05, 3.63) is 107 Å². The molecule has 3 aromatic carbocycles. The highest BCUT2D eigenvalue weighted by atomic mass is 16.1. The number of benzene rings is 3. The van der Waals surface area contributed by atoms with Crippen molar-refractivity contribution in [1.82, 2.24) is 9.88 Å². The van der Waals surface area contributed by atoms with Gasteiger partial charge in [0.15, 0.2) is 0 Å². The summed E-state index contributed by atoms with van der Waals surface area (Å²) in [4.78, 5) is 12.9. The lowest BCUT2D eigenvalue weighted by Crippen LogP contribution is -2.27. The molecule has 0 saturated heterocycles. The predicted octanol–water partition coefficient (Wildman–Crippen LogP) is 5.37. The summed E-state index contributed by atoms with van der Waals surface area (Å²) >= 11 is 0. The normalized spacial score (nSPS) is 12.1. The Morgan fingerprint density at radius 3 is 2.53 bits per heavy atom. The molecule has 3 heteroatoms. The van der Waals surface area contributed by atoms with E-state index in [0.29, 0.717) is 13.0 Å². The summed E-state index contributed by atoms with van der Waals surface area (Å²) in [5.74, 6) is 0.109. The van der Waals surface area contributed by atoms with E-state index in [-0.39, 0.29) is 11.8 Å². The fourth-order valence-corrected chi connectivity index (χ4v) is 4.19. The van der Waals surface area contributed by atoms with Gasteiger partial charge in [-0.15, -0.1) is 0 Å². The summed E-state index contributed by atoms with van der Waals surface area (Å²) < 4.78 is 2.15. The number of hydrogen-bond acceptors (Lipinski definition) is 1. The van der Waals surface area contributed by atoms with Crippen molar-refractivity contribution in [3.8, 4) is 0 Å². The molecule has 1 atom stereocenters. The van der Waals surface area contributed by atoms with Gasteiger partial charge < -0.3 is 9.88 Å². The van der Waals surface area contributed by atoms with Gasteiger partial charge in [-0.05, 0) is 36.1 Å². The third-order valence-electron chi connectivity index (χ3n) is 5.72. The molecule has 3 nitrogen and oxygen atoms in total. The zero-order valence-electron chi connectivity index (χ0n) is 17.6. The summed E-state index contributed by atoms with van der Waals surface area (Å²) in [6.07, 6.45) is 3.46. The quantitative estimate of drug-likeness (QED) is 0.448. The maximum atomic E-state index is 12.9. The summed E-state index contributed by atoms with van der Waals surface area (Å²) in [5, 5.41) is 4.34. The molecule has 1 unspecified atom stereocenters. The van der Waals surface area contributed by atoms with Crippen LogP contribution in [0.15, 0.2) is 85.1 Å². The lowest BCUT2D eigenvalue weighted by Gasteiger charge is -2.18. The van der Waals surface area contributed by atoms with Crippen LogP contribution in [0.4, 0.5) is 0 Å². The van der Waals surface area contributed by atoms with Crippen LogP contribution in [0.3, 0.4) is 0 Å². The average Bonchev–Trinajstić information content (AvgIpc) is 3.09. The molecule has 0 saturated carbocycles. The van der Waals surface area contributed by atoms with Crippen molar-refractivity contribution in [2.45, 2.75) is 25.7 Å². The van der Waals surface area contributed by atoms with Gasteiger partial charge in [0.25, 0.3) is 0 Å². The van der Waals surface area contributed by atoms with Crippen LogP contribution < -0.4 is 5.32 Å². The monoisotopic (exact) mass is 396 g/mol. The number of hydrogen-bond donors (Lipinski definition) is 1. The first kappa shape index (κ1) is 20.0. The van der Waals surface area contributed by atoms with Crippen LogP contribution in [0.5, 0.6) is 0 Å². The zero-order valence-corrected chi connectivity index (χ0v) is 17.6. The molecule has 0 radical (unpaired) electrons. The highest BCUT2D eigenvalue weighted by Crippen LogP contribution is 2.34. The molecule has 1 amide bonds. The third-order valence-corrected chi connectivity index (χ3v) is 5.72. The molecule has 4 rings (SSSR count). The van der Waals surface area contributed by atoms with Crippen molar-refractivity contribution in [3.63, 3.8) is 0 Å². The molecule has 0 spiro atoms. The Morgan fingerprint density at radius 2 is 1.73 bits per heavy atom. The Balaban J connectivity index is 1.57. The van der Waals surface area contributed by atoms with E-state index in [9.17, 15) is 4.79 Å². The standard InChI is InChI=1S/C27H28N2O/c1-20-9-8-12-22(17-20)24(25-19-29(2)26-14-7-6-13-23(25)26)18-27(30)28-16-15-21-10-4-3-5-11-21/h3-14,17,19,24H,15-16,18H2,1-2H3,(H,28,30). The van der Waals surface area contributed by atoms with Crippen molar-refractivity contribution < 1.29 is 4.79 Å².